The molecule has 0 radical (unpaired) electrons. The van der Waals surface area contributed by atoms with Gasteiger partial charge >= 0.3 is 0 Å². The molecule has 2 heterocycles. The molecule has 1 saturated heterocycles. The van der Waals surface area contributed by atoms with Crippen LogP contribution in [0.15, 0.2) is 42.5 Å². The molecule has 0 atom stereocenters. The van der Waals surface area contributed by atoms with Crippen LogP contribution in [0.25, 0.3) is 0 Å². The molecule has 0 saturated carbocycles. The van der Waals surface area contributed by atoms with Gasteiger partial charge in [-0.25, -0.2) is 4.39 Å². The molecular weight excluding hydrogens is 357 g/mol. The summed E-state index contributed by atoms with van der Waals surface area (Å²) in [5, 5.41) is 3.36. The van der Waals surface area contributed by atoms with Crippen LogP contribution in [0.1, 0.15) is 27.0 Å². The highest BCUT2D eigenvalue weighted by atomic mass is 19.1. The van der Waals surface area contributed by atoms with Crippen molar-refractivity contribution >= 4 is 11.8 Å². The molecule has 0 aliphatic carbocycles. The summed E-state index contributed by atoms with van der Waals surface area (Å²) in [7, 11) is 0. The molecule has 28 heavy (non-hydrogen) atoms. The highest BCUT2D eigenvalue weighted by Crippen LogP contribution is 2.20. The highest BCUT2D eigenvalue weighted by molar-refractivity contribution is 5.94. The smallest absolute Gasteiger partial charge is 0.253 e. The Morgan fingerprint density at radius 1 is 0.964 bits per heavy atom. The van der Waals surface area contributed by atoms with E-state index in [4.69, 9.17) is 0 Å². The summed E-state index contributed by atoms with van der Waals surface area (Å²) in [4.78, 5) is 28.9. The van der Waals surface area contributed by atoms with Crippen LogP contribution in [0.5, 0.6) is 0 Å². The molecule has 5 nitrogen and oxygen atoms in total. The number of halogens is 1. The van der Waals surface area contributed by atoms with E-state index in [2.05, 4.69) is 17.4 Å². The second-order valence-electron chi connectivity index (χ2n) is 7.34. The lowest BCUT2D eigenvalue weighted by Gasteiger charge is -2.35. The number of hydrogen-bond donors (Lipinski definition) is 1. The van der Waals surface area contributed by atoms with Gasteiger partial charge in [0.05, 0.1) is 6.42 Å². The van der Waals surface area contributed by atoms with Crippen LogP contribution in [0.3, 0.4) is 0 Å². The SMILES string of the molecule is O=C(Cc1cccc2c1CCNC2)N1CCN(C(=O)c2ccc(F)cc2)CC1. The van der Waals surface area contributed by atoms with Gasteiger partial charge in [-0.1, -0.05) is 18.2 Å². The van der Waals surface area contributed by atoms with E-state index in [1.54, 1.807) is 4.90 Å². The number of benzene rings is 2. The molecule has 0 aromatic heterocycles. The van der Waals surface area contributed by atoms with Crippen molar-refractivity contribution < 1.29 is 14.0 Å². The maximum absolute atomic E-state index is 13.0. The third kappa shape index (κ3) is 3.92. The lowest BCUT2D eigenvalue weighted by Crippen LogP contribution is -2.51. The molecule has 0 bridgehead atoms. The molecule has 4 rings (SSSR count). The first-order chi connectivity index (χ1) is 13.6. The molecule has 0 spiro atoms. The van der Waals surface area contributed by atoms with Crippen molar-refractivity contribution in [2.24, 2.45) is 0 Å². The number of fused-ring (bicyclic) bond motifs is 1. The van der Waals surface area contributed by atoms with Crippen molar-refractivity contribution in [2.45, 2.75) is 19.4 Å². The molecule has 2 aromatic carbocycles. The Hall–Kier alpha value is -2.73. The van der Waals surface area contributed by atoms with Crippen LogP contribution in [0, 0.1) is 5.82 Å². The number of carbonyl (C=O) groups excluding carboxylic acids is 2. The van der Waals surface area contributed by atoms with E-state index < -0.39 is 0 Å². The van der Waals surface area contributed by atoms with Gasteiger partial charge in [-0.3, -0.25) is 9.59 Å². The second-order valence-corrected chi connectivity index (χ2v) is 7.34. The fourth-order valence-electron chi connectivity index (χ4n) is 3.99. The van der Waals surface area contributed by atoms with E-state index in [0.717, 1.165) is 25.1 Å². The number of nitrogens with zero attached hydrogens (tertiary/aromatic N) is 2. The first-order valence-corrected chi connectivity index (χ1v) is 9.75. The lowest BCUT2D eigenvalue weighted by molar-refractivity contribution is -0.131. The zero-order valence-electron chi connectivity index (χ0n) is 15.8. The van der Waals surface area contributed by atoms with E-state index in [1.807, 2.05) is 11.0 Å². The van der Waals surface area contributed by atoms with Gasteiger partial charge in [-0.2, -0.15) is 0 Å². The molecule has 6 heteroatoms. The third-order valence-corrected chi connectivity index (χ3v) is 5.59. The van der Waals surface area contributed by atoms with Crippen LogP contribution in [0.2, 0.25) is 0 Å². The quantitative estimate of drug-likeness (QED) is 0.885. The van der Waals surface area contributed by atoms with Crippen LogP contribution in [-0.4, -0.2) is 54.3 Å². The van der Waals surface area contributed by atoms with Crippen molar-refractivity contribution in [1.29, 1.82) is 0 Å². The normalized spacial score (nSPS) is 16.6. The molecular formula is C22H24FN3O2. The summed E-state index contributed by atoms with van der Waals surface area (Å²) in [5.41, 5.74) is 4.19. The van der Waals surface area contributed by atoms with Gasteiger partial charge < -0.3 is 15.1 Å². The van der Waals surface area contributed by atoms with Gasteiger partial charge in [-0.05, 0) is 53.9 Å². The van der Waals surface area contributed by atoms with Crippen LogP contribution < -0.4 is 5.32 Å². The van der Waals surface area contributed by atoms with Crippen molar-refractivity contribution in [3.05, 3.63) is 70.5 Å². The second kappa shape index (κ2) is 8.10. The van der Waals surface area contributed by atoms with E-state index >= 15 is 0 Å². The monoisotopic (exact) mass is 381 g/mol. The summed E-state index contributed by atoms with van der Waals surface area (Å²) in [6.45, 7) is 3.87. The first-order valence-electron chi connectivity index (χ1n) is 9.75. The molecule has 2 amide bonds. The zero-order valence-corrected chi connectivity index (χ0v) is 15.8. The van der Waals surface area contributed by atoms with E-state index in [-0.39, 0.29) is 17.6 Å². The van der Waals surface area contributed by atoms with Gasteiger partial charge in [0.2, 0.25) is 5.91 Å². The fraction of sp³-hybridized carbons (Fsp3) is 0.364. The maximum atomic E-state index is 13.0. The summed E-state index contributed by atoms with van der Waals surface area (Å²) in [6.07, 6.45) is 1.37. The summed E-state index contributed by atoms with van der Waals surface area (Å²) >= 11 is 0. The molecule has 0 unspecified atom stereocenters. The van der Waals surface area contributed by atoms with Crippen molar-refractivity contribution in [1.82, 2.24) is 15.1 Å². The standard InChI is InChI=1S/C22H24FN3O2/c23-19-6-4-16(5-7-19)22(28)26-12-10-25(11-13-26)21(27)14-17-2-1-3-18-15-24-9-8-20(17)18/h1-7,24H,8-15H2. The first kappa shape index (κ1) is 18.6. The number of carbonyl (C=O) groups is 2. The fourth-order valence-corrected chi connectivity index (χ4v) is 3.99. The molecule has 1 N–H and O–H groups in total. The third-order valence-electron chi connectivity index (χ3n) is 5.59. The predicted octanol–water partition coefficient (Wildman–Crippen LogP) is 2.00. The number of nitrogens with one attached hydrogen (secondary N) is 1. The molecule has 146 valence electrons. The van der Waals surface area contributed by atoms with Crippen LogP contribution in [-0.2, 0) is 24.2 Å². The molecule has 1 fully saturated rings. The van der Waals surface area contributed by atoms with Crippen LogP contribution in [0.4, 0.5) is 4.39 Å². The Kier molecular flexibility index (Phi) is 5.39. The maximum Gasteiger partial charge on any atom is 0.253 e. The lowest BCUT2D eigenvalue weighted by atomic mass is 9.93. The molecule has 2 aliphatic rings. The van der Waals surface area contributed by atoms with Gasteiger partial charge in [0.25, 0.3) is 5.91 Å². The summed E-state index contributed by atoms with van der Waals surface area (Å²) in [5.74, 6) is -0.358. The Balaban J connectivity index is 1.35. The molecule has 2 aliphatic heterocycles. The number of amides is 2. The van der Waals surface area contributed by atoms with Crippen LogP contribution >= 0.6 is 0 Å². The Morgan fingerprint density at radius 3 is 2.43 bits per heavy atom. The zero-order chi connectivity index (χ0) is 19.5. The number of rotatable bonds is 3. The minimum atomic E-state index is -0.356. The van der Waals surface area contributed by atoms with Gasteiger partial charge in [0.1, 0.15) is 5.82 Å². The highest BCUT2D eigenvalue weighted by Gasteiger charge is 2.25. The average Bonchev–Trinajstić information content (AvgIpc) is 2.74. The Labute approximate surface area is 164 Å². The number of hydrogen-bond acceptors (Lipinski definition) is 3. The van der Waals surface area contributed by atoms with Gasteiger partial charge in [0, 0.05) is 38.3 Å². The largest absolute Gasteiger partial charge is 0.339 e. The summed E-state index contributed by atoms with van der Waals surface area (Å²) in [6, 6.07) is 11.8. The van der Waals surface area contributed by atoms with Crippen molar-refractivity contribution in [2.75, 3.05) is 32.7 Å². The van der Waals surface area contributed by atoms with E-state index in [0.29, 0.717) is 38.2 Å². The Bertz CT molecular complexity index is 874. The van der Waals surface area contributed by atoms with Crippen molar-refractivity contribution in [3.63, 3.8) is 0 Å². The molecule has 2 aromatic rings. The topological polar surface area (TPSA) is 52.7 Å². The van der Waals surface area contributed by atoms with E-state index in [1.165, 1.54) is 35.4 Å². The average molecular weight is 381 g/mol. The minimum Gasteiger partial charge on any atom is -0.339 e. The van der Waals surface area contributed by atoms with Gasteiger partial charge in [-0.15, -0.1) is 0 Å². The van der Waals surface area contributed by atoms with Gasteiger partial charge in [0.15, 0.2) is 0 Å². The van der Waals surface area contributed by atoms with E-state index in [9.17, 15) is 14.0 Å². The predicted molar refractivity (Wildman–Crippen MR) is 104 cm³/mol. The van der Waals surface area contributed by atoms with Crippen molar-refractivity contribution in [3.8, 4) is 0 Å². The summed E-state index contributed by atoms with van der Waals surface area (Å²) < 4.78 is 13.0. The number of piperazine rings is 1. The minimum absolute atomic E-state index is 0.112. The Morgan fingerprint density at radius 2 is 1.68 bits per heavy atom.